The van der Waals surface area contributed by atoms with E-state index in [1.807, 2.05) is 18.2 Å². The normalized spacial score (nSPS) is 21.4. The third-order valence-corrected chi connectivity index (χ3v) is 7.47. The van der Waals surface area contributed by atoms with Crippen molar-refractivity contribution in [1.29, 1.82) is 0 Å². The van der Waals surface area contributed by atoms with Crippen molar-refractivity contribution in [2.24, 2.45) is 0 Å². The Kier molecular flexibility index (Phi) is 7.36. The highest BCUT2D eigenvalue weighted by molar-refractivity contribution is 5.87. The molecule has 8 heteroatoms. The van der Waals surface area contributed by atoms with Gasteiger partial charge in [-0.1, -0.05) is 36.4 Å². The summed E-state index contributed by atoms with van der Waals surface area (Å²) in [6.45, 7) is 2.98. The maximum absolute atomic E-state index is 12.4. The third-order valence-electron chi connectivity index (χ3n) is 7.47. The van der Waals surface area contributed by atoms with Crippen molar-refractivity contribution < 1.29 is 15.0 Å². The van der Waals surface area contributed by atoms with Crippen LogP contribution in [-0.4, -0.2) is 64.3 Å². The molecule has 1 saturated heterocycles. The summed E-state index contributed by atoms with van der Waals surface area (Å²) >= 11 is 0. The van der Waals surface area contributed by atoms with E-state index in [4.69, 9.17) is 0 Å². The predicted molar refractivity (Wildman–Crippen MR) is 139 cm³/mol. The quantitative estimate of drug-likeness (QED) is 0.314. The second-order valence-corrected chi connectivity index (χ2v) is 10.0. The minimum absolute atomic E-state index is 0.0131. The smallest absolute Gasteiger partial charge is 0.248 e. The number of hydrogen-bond acceptors (Lipinski definition) is 6. The highest BCUT2D eigenvalue weighted by Crippen LogP contribution is 2.40. The number of nitrogens with zero attached hydrogens (tertiary/aromatic N) is 1. The number of phenolic OH excluding ortho intramolecular Hbond substituents is 1. The minimum Gasteiger partial charge on any atom is -0.506 e. The molecule has 1 saturated carbocycles. The predicted octanol–water partition coefficient (Wildman–Crippen LogP) is 2.38. The van der Waals surface area contributed by atoms with Crippen LogP contribution in [0.5, 0.6) is 5.75 Å². The molecule has 0 unspecified atom stereocenters. The van der Waals surface area contributed by atoms with E-state index in [0.717, 1.165) is 38.9 Å². The van der Waals surface area contributed by atoms with E-state index in [-0.39, 0.29) is 23.3 Å². The van der Waals surface area contributed by atoms with E-state index in [9.17, 15) is 19.8 Å². The number of benzene rings is 2. The monoisotopic (exact) mass is 490 g/mol. The lowest BCUT2D eigenvalue weighted by Gasteiger charge is -2.32. The van der Waals surface area contributed by atoms with Crippen LogP contribution >= 0.6 is 0 Å². The van der Waals surface area contributed by atoms with Crippen LogP contribution < -0.4 is 16.2 Å². The number of carbonyl (C=O) groups is 1. The van der Waals surface area contributed by atoms with Gasteiger partial charge in [0.25, 0.3) is 0 Å². The van der Waals surface area contributed by atoms with Crippen LogP contribution in [-0.2, 0) is 4.79 Å². The summed E-state index contributed by atoms with van der Waals surface area (Å²) in [5, 5.41) is 28.1. The van der Waals surface area contributed by atoms with Gasteiger partial charge in [-0.15, -0.1) is 0 Å². The molecule has 2 aliphatic rings. The van der Waals surface area contributed by atoms with Crippen LogP contribution in [0.3, 0.4) is 0 Å². The summed E-state index contributed by atoms with van der Waals surface area (Å²) in [4.78, 5) is 29.0. The first kappa shape index (κ1) is 24.5. The van der Waals surface area contributed by atoms with Crippen LogP contribution in [0.2, 0.25) is 0 Å². The van der Waals surface area contributed by atoms with Gasteiger partial charge in [-0.2, -0.15) is 0 Å². The number of aromatic hydroxyl groups is 1. The largest absolute Gasteiger partial charge is 0.506 e. The lowest BCUT2D eigenvalue weighted by Crippen LogP contribution is -2.44. The molecule has 5 rings (SSSR count). The fourth-order valence-electron chi connectivity index (χ4n) is 5.26. The number of phenols is 1. The van der Waals surface area contributed by atoms with E-state index in [0.29, 0.717) is 41.4 Å². The van der Waals surface area contributed by atoms with E-state index in [1.165, 1.54) is 17.7 Å². The molecule has 1 amide bonds. The van der Waals surface area contributed by atoms with Gasteiger partial charge >= 0.3 is 0 Å². The minimum atomic E-state index is -0.761. The van der Waals surface area contributed by atoms with Gasteiger partial charge in [-0.3, -0.25) is 9.59 Å². The standard InChI is InChI=1S/C28H34N4O4/c33-24-8-6-20(21-7-9-26(35)31-28(21)24)25(34)17-29-19-10-13-32(14-11-19)15-12-27(36)30-23-16-22(23)18-4-2-1-3-5-18/h1-9,19,22-23,25,29,33-34H,10-17H2,(H,30,36)(H,31,35)/t22-,23+,25-/m0/s1. The molecule has 3 atom stereocenters. The Morgan fingerprint density at radius 1 is 1.08 bits per heavy atom. The highest BCUT2D eigenvalue weighted by atomic mass is 16.3. The summed E-state index contributed by atoms with van der Waals surface area (Å²) in [6, 6.07) is 17.1. The van der Waals surface area contributed by atoms with Crippen LogP contribution in [0.25, 0.3) is 10.9 Å². The first-order chi connectivity index (χ1) is 17.5. The first-order valence-corrected chi connectivity index (χ1v) is 12.8. The van der Waals surface area contributed by atoms with Gasteiger partial charge in [0.15, 0.2) is 0 Å². The number of aliphatic hydroxyl groups is 1. The molecule has 3 aromatic rings. The number of fused-ring (bicyclic) bond motifs is 1. The second kappa shape index (κ2) is 10.8. The van der Waals surface area contributed by atoms with Gasteiger partial charge in [-0.25, -0.2) is 0 Å². The summed E-state index contributed by atoms with van der Waals surface area (Å²) in [5.41, 5.74) is 2.01. The van der Waals surface area contributed by atoms with Crippen molar-refractivity contribution >= 4 is 16.8 Å². The lowest BCUT2D eigenvalue weighted by molar-refractivity contribution is -0.121. The zero-order chi connectivity index (χ0) is 25.1. The number of nitrogens with one attached hydrogen (secondary N) is 3. The number of amides is 1. The van der Waals surface area contributed by atoms with Gasteiger partial charge in [0, 0.05) is 49.0 Å². The average Bonchev–Trinajstić information content (AvgIpc) is 3.66. The maximum atomic E-state index is 12.4. The molecular weight excluding hydrogens is 456 g/mol. The Labute approximate surface area is 210 Å². The van der Waals surface area contributed by atoms with Gasteiger partial charge in [0.1, 0.15) is 5.75 Å². The van der Waals surface area contributed by atoms with Crippen LogP contribution in [0.4, 0.5) is 0 Å². The molecule has 36 heavy (non-hydrogen) atoms. The second-order valence-electron chi connectivity index (χ2n) is 10.0. The number of likely N-dealkylation sites (tertiary alicyclic amines) is 1. The topological polar surface area (TPSA) is 118 Å². The Morgan fingerprint density at radius 2 is 1.86 bits per heavy atom. The van der Waals surface area contributed by atoms with E-state index in [2.05, 4.69) is 32.7 Å². The molecule has 1 aromatic heterocycles. The molecule has 1 aliphatic heterocycles. The number of piperidine rings is 1. The number of H-pyrrole nitrogens is 1. The molecule has 8 nitrogen and oxygen atoms in total. The SMILES string of the molecule is O=C(CCN1CCC(NC[C@H](O)c2ccc(O)c3[nH]c(=O)ccc23)CC1)N[C@@H]1C[C@H]1c1ccccc1. The van der Waals surface area contributed by atoms with Crippen molar-refractivity contribution in [2.45, 2.75) is 49.8 Å². The van der Waals surface area contributed by atoms with E-state index < -0.39 is 6.10 Å². The Balaban J connectivity index is 1.03. The number of aromatic nitrogens is 1. The van der Waals surface area contributed by atoms with Crippen molar-refractivity contribution in [3.8, 4) is 5.75 Å². The van der Waals surface area contributed by atoms with Crippen LogP contribution in [0, 0.1) is 0 Å². The van der Waals surface area contributed by atoms with Crippen molar-refractivity contribution in [1.82, 2.24) is 20.5 Å². The summed E-state index contributed by atoms with van der Waals surface area (Å²) in [5.74, 6) is 0.569. The van der Waals surface area contributed by atoms with Crippen LogP contribution in [0.1, 0.15) is 48.8 Å². The van der Waals surface area contributed by atoms with Crippen molar-refractivity contribution in [2.75, 3.05) is 26.2 Å². The lowest BCUT2D eigenvalue weighted by atomic mass is 10.0. The van der Waals surface area contributed by atoms with E-state index in [1.54, 1.807) is 12.1 Å². The summed E-state index contributed by atoms with van der Waals surface area (Å²) in [6.07, 6.45) is 2.69. The summed E-state index contributed by atoms with van der Waals surface area (Å²) < 4.78 is 0. The fraction of sp³-hybridized carbons (Fsp3) is 0.429. The number of aromatic amines is 1. The summed E-state index contributed by atoms with van der Waals surface area (Å²) in [7, 11) is 0. The molecular formula is C28H34N4O4. The molecule has 190 valence electrons. The van der Waals surface area contributed by atoms with Crippen molar-refractivity contribution in [3.05, 3.63) is 76.1 Å². The van der Waals surface area contributed by atoms with E-state index >= 15 is 0 Å². The molecule has 5 N–H and O–H groups in total. The van der Waals surface area contributed by atoms with Crippen molar-refractivity contribution in [3.63, 3.8) is 0 Å². The number of pyridine rings is 1. The molecule has 0 spiro atoms. The Morgan fingerprint density at radius 3 is 2.64 bits per heavy atom. The first-order valence-electron chi connectivity index (χ1n) is 12.8. The fourth-order valence-corrected chi connectivity index (χ4v) is 5.26. The molecule has 0 radical (unpaired) electrons. The van der Waals surface area contributed by atoms with Gasteiger partial charge in [-0.05, 0) is 55.6 Å². The zero-order valence-corrected chi connectivity index (χ0v) is 20.3. The Hall–Kier alpha value is -3.20. The number of rotatable bonds is 9. The zero-order valence-electron chi connectivity index (χ0n) is 20.3. The molecule has 2 fully saturated rings. The number of carbonyl (C=O) groups excluding carboxylic acids is 1. The van der Waals surface area contributed by atoms with Gasteiger partial charge in [0.05, 0.1) is 11.6 Å². The number of aliphatic hydroxyl groups excluding tert-OH is 1. The van der Waals surface area contributed by atoms with Crippen LogP contribution in [0.15, 0.2) is 59.4 Å². The highest BCUT2D eigenvalue weighted by Gasteiger charge is 2.39. The molecule has 2 aromatic carbocycles. The average molecular weight is 491 g/mol. The molecule has 1 aliphatic carbocycles. The maximum Gasteiger partial charge on any atom is 0.248 e. The third kappa shape index (κ3) is 5.78. The Bertz CT molecular complexity index is 1250. The number of hydrogen-bond donors (Lipinski definition) is 5. The molecule has 2 heterocycles. The van der Waals surface area contributed by atoms with Gasteiger partial charge in [0.2, 0.25) is 11.5 Å². The van der Waals surface area contributed by atoms with Gasteiger partial charge < -0.3 is 30.7 Å². The molecule has 0 bridgehead atoms.